The number of benzene rings is 3. The Labute approximate surface area is 331 Å². The summed E-state index contributed by atoms with van der Waals surface area (Å²) in [7, 11) is -9.10. The molecule has 1 aliphatic heterocycles. The third-order valence-electron chi connectivity index (χ3n) is 7.18. The molecule has 18 heteroatoms. The fourth-order valence-corrected chi connectivity index (χ4v) is 4.98. The molecule has 10 nitrogen and oxygen atoms in total. The second-order valence-electron chi connectivity index (χ2n) is 11.1. The Morgan fingerprint density at radius 2 is 1.16 bits per heavy atom. The van der Waals surface area contributed by atoms with Gasteiger partial charge in [-0.3, -0.25) is 0 Å². The van der Waals surface area contributed by atoms with Crippen LogP contribution < -0.4 is 0 Å². The maximum absolute atomic E-state index is 13.4. The van der Waals surface area contributed by atoms with Crippen LogP contribution in [0.3, 0.4) is 0 Å². The van der Waals surface area contributed by atoms with Crippen LogP contribution in [0.4, 0.5) is 25.2 Å². The molecule has 0 spiro atoms. The van der Waals surface area contributed by atoms with E-state index >= 15 is 0 Å². The molecule has 0 radical (unpaired) electrons. The van der Waals surface area contributed by atoms with Crippen LogP contribution in [0, 0.1) is 26.4 Å². The van der Waals surface area contributed by atoms with Gasteiger partial charge < -0.3 is 28.4 Å². The van der Waals surface area contributed by atoms with Crippen LogP contribution in [0.15, 0.2) is 115 Å². The summed E-state index contributed by atoms with van der Waals surface area (Å²) in [6, 6.07) is 29.6. The van der Waals surface area contributed by atoms with Crippen LogP contribution in [-0.2, 0) is 84.1 Å². The summed E-state index contributed by atoms with van der Waals surface area (Å²) in [6.45, 7) is 14.7. The maximum atomic E-state index is 13.4. The third-order valence-corrected chi connectivity index (χ3v) is 7.18. The van der Waals surface area contributed by atoms with Gasteiger partial charge in [0.05, 0.1) is 38.9 Å². The molecule has 0 N–H and O–H groups in total. The van der Waals surface area contributed by atoms with Gasteiger partial charge >= 0.3 is 72.9 Å². The van der Waals surface area contributed by atoms with Crippen molar-refractivity contribution in [1.29, 1.82) is 0 Å². The molecule has 1 aliphatic carbocycles. The van der Waals surface area contributed by atoms with Crippen molar-refractivity contribution in [3.63, 3.8) is 0 Å². The number of ether oxygens (including phenoxy) is 6. The monoisotopic (exact) mass is 854 g/mol. The Morgan fingerprint density at radius 3 is 1.57 bits per heavy atom. The van der Waals surface area contributed by atoms with Crippen molar-refractivity contribution in [2.75, 3.05) is 13.7 Å². The summed E-state index contributed by atoms with van der Waals surface area (Å²) in [6.07, 6.45) is 4.22. The molecule has 304 valence electrons. The van der Waals surface area contributed by atoms with Crippen LogP contribution in [0.5, 0.6) is 0 Å². The predicted molar refractivity (Wildman–Crippen MR) is 183 cm³/mol. The molecule has 3 aromatic rings. The van der Waals surface area contributed by atoms with Gasteiger partial charge in [0.1, 0.15) is 23.9 Å². The quantitative estimate of drug-likeness (QED) is 0.0419. The van der Waals surface area contributed by atoms with Crippen molar-refractivity contribution < 1.29 is 89.4 Å². The Balaban J connectivity index is 0.00000191. The van der Waals surface area contributed by atoms with Crippen LogP contribution >= 0.6 is 7.81 Å². The van der Waals surface area contributed by atoms with Gasteiger partial charge in [0.25, 0.3) is 0 Å². The van der Waals surface area contributed by atoms with Crippen LogP contribution in [-0.4, -0.2) is 50.4 Å². The number of carbonyl (C=O) groups excluding carboxylic acids is 1. The standard InChI is InChI=1S/C35H37O7.3CO.F6P.Fe/c1-37-35-33(40-24-28-18-10-4-11-19-28)32(42-34(36)29-20-12-5-13-21-29)31(39-23-27-16-8-3-9-17-27)30(41-35)25-38-22-26-14-6-2-7-15-26;3*1-2;1-7(2,3,4,5)6;/h2-20,30-33,35H,21-25H2,1H3;;;;;/q+1;;;;-1;/t30-,31+,32+,33-,35-;;;;;/m1...../s1. The van der Waals surface area contributed by atoms with Crippen molar-refractivity contribution in [3.05, 3.63) is 158 Å². The van der Waals surface area contributed by atoms with Gasteiger partial charge in [0.15, 0.2) is 12.4 Å². The molecule has 56 heavy (non-hydrogen) atoms. The minimum Gasteiger partial charge on any atom is 0 e. The second kappa shape index (κ2) is 25.3. The average Bonchev–Trinajstić information content (AvgIpc) is 3.19. The minimum atomic E-state index is -10.7. The number of methoxy groups -OCH3 is 1. The van der Waals surface area contributed by atoms with Crippen molar-refractivity contribution in [2.24, 2.45) is 0 Å². The van der Waals surface area contributed by atoms with Gasteiger partial charge in [-0.05, 0) is 16.7 Å². The summed E-state index contributed by atoms with van der Waals surface area (Å²) in [4.78, 5) is 13.4. The molecule has 0 saturated carbocycles. The van der Waals surface area contributed by atoms with Crippen molar-refractivity contribution >= 4 is 13.8 Å². The fourth-order valence-electron chi connectivity index (χ4n) is 4.98. The van der Waals surface area contributed by atoms with Crippen LogP contribution in [0.2, 0.25) is 0 Å². The Kier molecular flexibility index (Phi) is 23.5. The predicted octanol–water partition coefficient (Wildman–Crippen LogP) is 9.02. The summed E-state index contributed by atoms with van der Waals surface area (Å²) in [5.74, 6) is -0.428. The SMILES string of the molecule is CO[C@@H]1O[C@H](COCc2ccccc2)[C@H](OCc2ccccc2)[C@H](OC(=O)C2=C[CH+]C=CC2)[C@H]1OCc1ccccc1.F[P-](F)(F)(F)(F)F.[C-]#[O+].[C-]#[O+].[C-]#[O+].[Fe]. The van der Waals surface area contributed by atoms with E-state index < -0.39 is 44.5 Å². The molecule has 1 fully saturated rings. The molecule has 5 rings (SSSR count). The smallest absolute Gasteiger partial charge is 0 e. The molecule has 2 aliphatic rings. The number of halogens is 6. The first-order chi connectivity index (χ1) is 26.2. The number of rotatable bonds is 13. The van der Waals surface area contributed by atoms with Gasteiger partial charge in [-0.2, -0.15) is 0 Å². The van der Waals surface area contributed by atoms with Crippen LogP contribution in [0.1, 0.15) is 23.1 Å². The molecule has 3 aromatic carbocycles. The second-order valence-corrected chi connectivity index (χ2v) is 13.1. The van der Waals surface area contributed by atoms with Gasteiger partial charge in [-0.25, -0.2) is 4.79 Å². The molecule has 0 unspecified atom stereocenters. The van der Waals surface area contributed by atoms with E-state index in [0.29, 0.717) is 25.2 Å². The molecule has 5 atom stereocenters. The third kappa shape index (κ3) is 21.9. The Bertz CT molecular complexity index is 1650. The fraction of sp³-hybridized carbons (Fsp3) is 0.289. The molecule has 0 bridgehead atoms. The summed E-state index contributed by atoms with van der Waals surface area (Å²) < 4.78 is 119. The number of hydrogen-bond acceptors (Lipinski definition) is 7. The van der Waals surface area contributed by atoms with Gasteiger partial charge in [-0.1, -0.05) is 91.0 Å². The number of allylic oxidation sites excluding steroid dienone is 3. The molecule has 1 saturated heterocycles. The molecular weight excluding hydrogens is 817 g/mol. The first-order valence-electron chi connectivity index (χ1n) is 15.8. The number of esters is 1. The first kappa shape index (κ1) is 52.0. The average molecular weight is 855 g/mol. The van der Waals surface area contributed by atoms with E-state index in [9.17, 15) is 30.0 Å². The first-order valence-corrected chi connectivity index (χ1v) is 17.9. The summed E-state index contributed by atoms with van der Waals surface area (Å²) >= 11 is 0. The molecule has 0 aromatic heterocycles. The zero-order valence-corrected chi connectivity index (χ0v) is 31.5. The minimum absolute atomic E-state index is 0. The Morgan fingerprint density at radius 1 is 0.732 bits per heavy atom. The normalized spacial score (nSPS) is 20.7. The topological polar surface area (TPSA) is 132 Å². The zero-order chi connectivity index (χ0) is 41.4. The van der Waals surface area contributed by atoms with E-state index in [-0.39, 0.29) is 30.3 Å². The molecular formula is C38H37F6FeO10P. The van der Waals surface area contributed by atoms with Gasteiger partial charge in [0, 0.05) is 42.8 Å². The van der Waals surface area contributed by atoms with E-state index in [0.717, 1.165) is 16.7 Å². The summed E-state index contributed by atoms with van der Waals surface area (Å²) in [5.41, 5.74) is 3.55. The van der Waals surface area contributed by atoms with Gasteiger partial charge in [0.2, 0.25) is 0 Å². The van der Waals surface area contributed by atoms with E-state index in [1.807, 2.05) is 110 Å². The number of hydrogen-bond donors (Lipinski definition) is 0. The van der Waals surface area contributed by atoms with E-state index in [1.54, 1.807) is 13.2 Å². The maximum Gasteiger partial charge on any atom is 0 e. The Hall–Kier alpha value is -3.97. The molecule has 1 heterocycles. The van der Waals surface area contributed by atoms with E-state index in [1.165, 1.54) is 0 Å². The largest absolute Gasteiger partial charge is 0 e. The molecule has 0 amide bonds. The zero-order valence-electron chi connectivity index (χ0n) is 29.5. The van der Waals surface area contributed by atoms with Gasteiger partial charge in [-0.15, -0.1) is 0 Å². The van der Waals surface area contributed by atoms with Crippen molar-refractivity contribution in [3.8, 4) is 0 Å². The van der Waals surface area contributed by atoms with Crippen molar-refractivity contribution in [1.82, 2.24) is 0 Å². The number of carbonyl (C=O) groups is 1. The van der Waals surface area contributed by atoms with E-state index in [2.05, 4.69) is 20.0 Å². The van der Waals surface area contributed by atoms with Crippen molar-refractivity contribution in [2.45, 2.75) is 56.9 Å². The van der Waals surface area contributed by atoms with Crippen LogP contribution in [0.25, 0.3) is 0 Å². The summed E-state index contributed by atoms with van der Waals surface area (Å²) in [5, 5.41) is 0. The van der Waals surface area contributed by atoms with E-state index in [4.69, 9.17) is 42.4 Å².